The Labute approximate surface area is 175 Å². The number of imidazole rings is 1. The summed E-state index contributed by atoms with van der Waals surface area (Å²) >= 11 is 0. The molecular weight excluding hydrogens is 416 g/mol. The van der Waals surface area contributed by atoms with Gasteiger partial charge in [0.25, 0.3) is 5.91 Å². The molecule has 0 radical (unpaired) electrons. The van der Waals surface area contributed by atoms with Crippen molar-refractivity contribution in [3.05, 3.63) is 66.1 Å². The van der Waals surface area contributed by atoms with Gasteiger partial charge >= 0.3 is 6.18 Å². The van der Waals surface area contributed by atoms with Gasteiger partial charge in [-0.1, -0.05) is 12.1 Å². The van der Waals surface area contributed by atoms with E-state index in [1.165, 1.54) is 24.3 Å². The first-order chi connectivity index (χ1) is 14.8. The molecular formula is C20H20F4N6O. The fourth-order valence-electron chi connectivity index (χ4n) is 3.62. The van der Waals surface area contributed by atoms with Crippen LogP contribution < -0.4 is 10.6 Å². The maximum absolute atomic E-state index is 13.7. The van der Waals surface area contributed by atoms with E-state index in [1.54, 1.807) is 18.7 Å². The number of halogens is 4. The molecule has 0 saturated carbocycles. The molecule has 3 heterocycles. The van der Waals surface area contributed by atoms with Gasteiger partial charge in [-0.3, -0.25) is 4.79 Å². The summed E-state index contributed by atoms with van der Waals surface area (Å²) in [5, 5.41) is 9.54. The number of carbonyl (C=O) groups is 1. The van der Waals surface area contributed by atoms with Gasteiger partial charge in [-0.05, 0) is 24.1 Å². The summed E-state index contributed by atoms with van der Waals surface area (Å²) in [4.78, 5) is 16.6. The van der Waals surface area contributed by atoms with E-state index in [4.69, 9.17) is 0 Å². The zero-order valence-electron chi connectivity index (χ0n) is 16.3. The predicted molar refractivity (Wildman–Crippen MR) is 104 cm³/mol. The minimum atomic E-state index is -4.56. The first-order valence-electron chi connectivity index (χ1n) is 9.73. The third-order valence-electron chi connectivity index (χ3n) is 5.19. The lowest BCUT2D eigenvalue weighted by Crippen LogP contribution is -2.36. The van der Waals surface area contributed by atoms with Crippen LogP contribution in [0.3, 0.4) is 0 Å². The molecule has 0 spiro atoms. The number of fused-ring (bicyclic) bond motifs is 1. The lowest BCUT2D eigenvalue weighted by molar-refractivity contribution is -0.173. The third kappa shape index (κ3) is 4.54. The Balaban J connectivity index is 1.51. The van der Waals surface area contributed by atoms with E-state index in [0.717, 1.165) is 10.9 Å². The van der Waals surface area contributed by atoms with Crippen LogP contribution >= 0.6 is 0 Å². The quantitative estimate of drug-likeness (QED) is 0.456. The molecule has 1 aliphatic heterocycles. The Hall–Kier alpha value is -3.37. The highest BCUT2D eigenvalue weighted by molar-refractivity contribution is 5.98. The smallest absolute Gasteiger partial charge is 0.363 e. The van der Waals surface area contributed by atoms with E-state index in [-0.39, 0.29) is 17.8 Å². The van der Waals surface area contributed by atoms with Crippen molar-refractivity contribution in [2.45, 2.75) is 37.6 Å². The summed E-state index contributed by atoms with van der Waals surface area (Å²) in [7, 11) is 0. The third-order valence-corrected chi connectivity index (χ3v) is 5.19. The van der Waals surface area contributed by atoms with Crippen molar-refractivity contribution in [1.29, 1.82) is 0 Å². The zero-order chi connectivity index (χ0) is 22.0. The van der Waals surface area contributed by atoms with Crippen LogP contribution in [0.25, 0.3) is 0 Å². The number of aryl methyl sites for hydroxylation is 1. The number of aromatic nitrogens is 4. The molecule has 31 heavy (non-hydrogen) atoms. The van der Waals surface area contributed by atoms with Crippen molar-refractivity contribution in [3.63, 3.8) is 0 Å². The summed E-state index contributed by atoms with van der Waals surface area (Å²) < 4.78 is 57.0. The standard InChI is InChI=1S/C20H20F4N6O/c21-14-4-2-13(3-5-14)16-10-17(20(22,23)24)30-18(28-16)15(11-27-30)19(31)26-6-1-8-29-9-7-25-12-29/h2-5,7,9,11-12,16-17,28H,1,6,8,10H2,(H,26,31)/t16-,17-/m0/s1. The molecule has 11 heteroatoms. The van der Waals surface area contributed by atoms with E-state index < -0.39 is 30.0 Å². The average molecular weight is 436 g/mol. The SMILES string of the molecule is O=C(NCCCn1ccnc1)c1cnn2c1N[C@H](c1ccc(F)cc1)C[C@H]2C(F)(F)F. The number of amides is 1. The Morgan fingerprint density at radius 2 is 2.03 bits per heavy atom. The molecule has 0 saturated heterocycles. The highest BCUT2D eigenvalue weighted by Crippen LogP contribution is 2.44. The molecule has 0 aliphatic carbocycles. The molecule has 2 atom stereocenters. The summed E-state index contributed by atoms with van der Waals surface area (Å²) in [6, 6.07) is 2.61. The van der Waals surface area contributed by atoms with Crippen LogP contribution in [0.1, 0.15) is 40.8 Å². The molecule has 0 unspecified atom stereocenters. The lowest BCUT2D eigenvalue weighted by atomic mass is 9.96. The molecule has 0 bridgehead atoms. The summed E-state index contributed by atoms with van der Waals surface area (Å²) in [5.74, 6) is -0.997. The normalized spacial score (nSPS) is 18.3. The fraction of sp³-hybridized carbons (Fsp3) is 0.350. The molecule has 3 aromatic rings. The fourth-order valence-corrected chi connectivity index (χ4v) is 3.62. The second-order valence-corrected chi connectivity index (χ2v) is 7.30. The first kappa shape index (κ1) is 20.9. The van der Waals surface area contributed by atoms with Gasteiger partial charge < -0.3 is 15.2 Å². The number of carbonyl (C=O) groups excluding carboxylic acids is 1. The Morgan fingerprint density at radius 1 is 1.26 bits per heavy atom. The molecule has 2 N–H and O–H groups in total. The predicted octanol–water partition coefficient (Wildman–Crippen LogP) is 3.70. The van der Waals surface area contributed by atoms with Gasteiger partial charge in [0.15, 0.2) is 6.04 Å². The number of benzene rings is 1. The van der Waals surface area contributed by atoms with Gasteiger partial charge in [-0.2, -0.15) is 18.3 Å². The molecule has 1 amide bonds. The highest BCUT2D eigenvalue weighted by Gasteiger charge is 2.47. The van der Waals surface area contributed by atoms with E-state index >= 15 is 0 Å². The average Bonchev–Trinajstić information content (AvgIpc) is 3.40. The molecule has 2 aromatic heterocycles. The van der Waals surface area contributed by atoms with Crippen LogP contribution in [-0.2, 0) is 6.54 Å². The van der Waals surface area contributed by atoms with E-state index in [9.17, 15) is 22.4 Å². The lowest BCUT2D eigenvalue weighted by Gasteiger charge is -2.34. The van der Waals surface area contributed by atoms with Crippen LogP contribution in [0.4, 0.5) is 23.4 Å². The first-order valence-corrected chi connectivity index (χ1v) is 9.73. The monoisotopic (exact) mass is 436 g/mol. The number of anilines is 1. The van der Waals surface area contributed by atoms with Crippen molar-refractivity contribution in [1.82, 2.24) is 24.6 Å². The molecule has 0 fully saturated rings. The van der Waals surface area contributed by atoms with Crippen molar-refractivity contribution in [3.8, 4) is 0 Å². The number of hydrogen-bond donors (Lipinski definition) is 2. The summed E-state index contributed by atoms with van der Waals surface area (Å²) in [6.07, 6.45) is 1.99. The number of nitrogens with one attached hydrogen (secondary N) is 2. The minimum absolute atomic E-state index is 0.00462. The van der Waals surface area contributed by atoms with Gasteiger partial charge in [-0.25, -0.2) is 14.1 Å². The van der Waals surface area contributed by atoms with Gasteiger partial charge in [-0.15, -0.1) is 0 Å². The van der Waals surface area contributed by atoms with Crippen molar-refractivity contribution >= 4 is 11.7 Å². The van der Waals surface area contributed by atoms with E-state index in [2.05, 4.69) is 20.7 Å². The molecule has 1 aliphatic rings. The van der Waals surface area contributed by atoms with Gasteiger partial charge in [0.05, 0.1) is 18.6 Å². The van der Waals surface area contributed by atoms with Gasteiger partial charge in [0.1, 0.15) is 17.2 Å². The van der Waals surface area contributed by atoms with Gasteiger partial charge in [0.2, 0.25) is 0 Å². The van der Waals surface area contributed by atoms with Crippen molar-refractivity contribution in [2.24, 2.45) is 0 Å². The second kappa shape index (κ2) is 8.40. The van der Waals surface area contributed by atoms with Crippen LogP contribution in [0.15, 0.2) is 49.2 Å². The molecule has 7 nitrogen and oxygen atoms in total. The Bertz CT molecular complexity index is 1030. The molecule has 1 aromatic carbocycles. The highest BCUT2D eigenvalue weighted by atomic mass is 19.4. The summed E-state index contributed by atoms with van der Waals surface area (Å²) in [6.45, 7) is 0.985. The van der Waals surface area contributed by atoms with E-state index in [0.29, 0.717) is 25.1 Å². The van der Waals surface area contributed by atoms with Crippen LogP contribution in [0.5, 0.6) is 0 Å². The molecule has 164 valence electrons. The number of rotatable bonds is 6. The maximum Gasteiger partial charge on any atom is 0.410 e. The topological polar surface area (TPSA) is 76.8 Å². The summed E-state index contributed by atoms with van der Waals surface area (Å²) in [5.41, 5.74) is 0.526. The maximum atomic E-state index is 13.7. The van der Waals surface area contributed by atoms with Gasteiger partial charge in [0, 0.05) is 31.9 Å². The van der Waals surface area contributed by atoms with Crippen LogP contribution in [0.2, 0.25) is 0 Å². The zero-order valence-corrected chi connectivity index (χ0v) is 16.3. The second-order valence-electron chi connectivity index (χ2n) is 7.30. The Morgan fingerprint density at radius 3 is 2.71 bits per heavy atom. The van der Waals surface area contributed by atoms with Crippen LogP contribution in [-0.4, -0.2) is 38.0 Å². The minimum Gasteiger partial charge on any atom is -0.363 e. The van der Waals surface area contributed by atoms with E-state index in [1.807, 2.05) is 4.57 Å². The van der Waals surface area contributed by atoms with Crippen molar-refractivity contribution < 1.29 is 22.4 Å². The molecule has 4 rings (SSSR count). The Kier molecular flexibility index (Phi) is 5.66. The number of nitrogens with zero attached hydrogens (tertiary/aromatic N) is 4. The largest absolute Gasteiger partial charge is 0.410 e. The number of hydrogen-bond acceptors (Lipinski definition) is 4. The number of alkyl halides is 3. The van der Waals surface area contributed by atoms with Crippen molar-refractivity contribution in [2.75, 3.05) is 11.9 Å². The van der Waals surface area contributed by atoms with Crippen LogP contribution in [0, 0.1) is 5.82 Å².